The van der Waals surface area contributed by atoms with Crippen LogP contribution in [0.4, 0.5) is 0 Å². The van der Waals surface area contributed by atoms with Crippen molar-refractivity contribution in [1.29, 1.82) is 5.26 Å². The maximum atomic E-state index is 10.6. The van der Waals surface area contributed by atoms with Gasteiger partial charge in [-0.25, -0.2) is 13.1 Å². The molecule has 9 heteroatoms. The van der Waals surface area contributed by atoms with Gasteiger partial charge in [-0.15, -0.1) is 0 Å². The van der Waals surface area contributed by atoms with Crippen LogP contribution >= 0.6 is 0 Å². The Balaban J connectivity index is -0.000000151. The summed E-state index contributed by atoms with van der Waals surface area (Å²) < 4.78 is 22.7. The van der Waals surface area contributed by atoms with E-state index < -0.39 is 26.6 Å². The number of sulfonamides is 1. The maximum absolute atomic E-state index is 10.6. The summed E-state index contributed by atoms with van der Waals surface area (Å²) in [6.07, 6.45) is 0. The van der Waals surface area contributed by atoms with Gasteiger partial charge in [0, 0.05) is 0 Å². The first-order valence-corrected chi connectivity index (χ1v) is 3.88. The first-order valence-electron chi connectivity index (χ1n) is 2.39. The Labute approximate surface area is 122 Å². The van der Waals surface area contributed by atoms with Crippen LogP contribution in [-0.4, -0.2) is 19.4 Å². The molecule has 0 fully saturated rings. The molecule has 2 N–H and O–H groups in total. The molecule has 6 nitrogen and oxygen atoms in total. The number of carbonyl (C=O) groups excluding carboxylic acids is 1. The van der Waals surface area contributed by atoms with E-state index in [1.165, 1.54) is 10.8 Å². The summed E-state index contributed by atoms with van der Waals surface area (Å²) in [4.78, 5) is 9.48. The minimum atomic E-state index is -4.07. The van der Waals surface area contributed by atoms with Crippen LogP contribution in [0.3, 0.4) is 0 Å². The van der Waals surface area contributed by atoms with Gasteiger partial charge in [0.05, 0.1) is 0 Å². The summed E-state index contributed by atoms with van der Waals surface area (Å²) in [5, 5.41) is 16.8. The fourth-order valence-electron chi connectivity index (χ4n) is 0.565. The van der Waals surface area contributed by atoms with Crippen molar-refractivity contribution in [2.75, 3.05) is 0 Å². The molecule has 0 aromatic rings. The molecule has 0 unspecified atom stereocenters. The number of amides is 1. The van der Waals surface area contributed by atoms with Crippen LogP contribution in [0.2, 0.25) is 0 Å². The molecule has 1 rings (SSSR count). The van der Waals surface area contributed by atoms with Crippen molar-refractivity contribution in [3.8, 4) is 6.07 Å². The predicted molar refractivity (Wildman–Crippen MR) is 34.6 cm³/mol. The molecule has 1 aliphatic rings. The number of carbonyl (C=O) groups is 1. The molecule has 0 aromatic heterocycles. The molecular weight excluding hydrogens is 218 g/mol. The number of nitrogens with one attached hydrogen (secondary N) is 1. The van der Waals surface area contributed by atoms with E-state index in [-0.39, 0.29) is 62.0 Å². The Morgan fingerprint density at radius 3 is 2.08 bits per heavy atom. The zero-order valence-electron chi connectivity index (χ0n) is 9.03. The number of rotatable bonds is 0. The zero-order chi connectivity index (χ0) is 8.65. The first kappa shape index (κ1) is 15.9. The van der Waals surface area contributed by atoms with Gasteiger partial charge in [0.1, 0.15) is 6.07 Å². The topological polar surface area (TPSA) is 107 Å². The minimum absolute atomic E-state index is 0. The molecule has 0 atom stereocenters. The first-order chi connectivity index (χ1) is 4.99. The van der Waals surface area contributed by atoms with E-state index in [0.29, 0.717) is 0 Å². The van der Waals surface area contributed by atoms with Crippen LogP contribution in [0.1, 0.15) is 2.85 Å². The van der Waals surface area contributed by atoms with E-state index in [4.69, 9.17) is 10.4 Å². The molecular formula is C4H4N2Na2O4S. The molecule has 0 aliphatic carbocycles. The number of hydrogen-bond acceptors (Lipinski definition) is 5. The molecule has 0 saturated carbocycles. The van der Waals surface area contributed by atoms with Crippen molar-refractivity contribution in [2.45, 2.75) is 0 Å². The molecule has 0 spiro atoms. The van der Waals surface area contributed by atoms with E-state index in [1.807, 2.05) is 0 Å². The number of aliphatic hydroxyl groups is 1. The second kappa shape index (κ2) is 5.36. The largest absolute Gasteiger partial charge is 1.00 e. The molecule has 1 heterocycles. The second-order valence-corrected chi connectivity index (χ2v) is 3.34. The number of allylic oxidation sites excluding steroid dienone is 1. The molecule has 0 saturated heterocycles. The Morgan fingerprint density at radius 1 is 1.46 bits per heavy atom. The standard InChI is InChI=1S/C4H2N2O4S.2Na.2H/c5-1-2-3(7)4(8)6-11(2,9)10;;;;/h7H,(H,6,8);;;;/q;2*+1;2*-1. The second-order valence-electron chi connectivity index (χ2n) is 1.72. The normalized spacial score (nSPS) is 17.9. The fraction of sp³-hybridized carbons (Fsp3) is 0. The molecule has 1 amide bonds. The minimum Gasteiger partial charge on any atom is -1.00 e. The molecule has 0 aromatic carbocycles. The van der Waals surface area contributed by atoms with Gasteiger partial charge in [0.25, 0.3) is 10.0 Å². The van der Waals surface area contributed by atoms with E-state index in [9.17, 15) is 13.2 Å². The van der Waals surface area contributed by atoms with Gasteiger partial charge in [-0.1, -0.05) is 0 Å². The van der Waals surface area contributed by atoms with Gasteiger partial charge >= 0.3 is 65.0 Å². The number of nitriles is 1. The maximum Gasteiger partial charge on any atom is 1.00 e. The van der Waals surface area contributed by atoms with Crippen LogP contribution in [0, 0.1) is 11.3 Å². The van der Waals surface area contributed by atoms with Crippen molar-refractivity contribution in [2.24, 2.45) is 0 Å². The molecule has 13 heavy (non-hydrogen) atoms. The third-order valence-electron chi connectivity index (χ3n) is 1.03. The summed E-state index contributed by atoms with van der Waals surface area (Å²) in [7, 11) is -4.07. The Kier molecular flexibility index (Phi) is 6.56. The van der Waals surface area contributed by atoms with Crippen LogP contribution in [0.5, 0.6) is 0 Å². The summed E-state index contributed by atoms with van der Waals surface area (Å²) >= 11 is 0. The fourth-order valence-corrected chi connectivity index (χ4v) is 1.48. The molecule has 1 aliphatic heterocycles. The molecule has 0 bridgehead atoms. The number of nitrogens with zero attached hydrogens (tertiary/aromatic N) is 1. The van der Waals surface area contributed by atoms with Crippen LogP contribution < -0.4 is 63.8 Å². The third-order valence-corrected chi connectivity index (χ3v) is 2.30. The van der Waals surface area contributed by atoms with Gasteiger partial charge in [0.2, 0.25) is 10.7 Å². The number of hydrogen-bond donors (Lipinski definition) is 2. The quantitative estimate of drug-likeness (QED) is 0.396. The predicted octanol–water partition coefficient (Wildman–Crippen LogP) is -7.03. The van der Waals surface area contributed by atoms with Gasteiger partial charge in [-0.2, -0.15) is 5.26 Å². The molecule has 62 valence electrons. The van der Waals surface area contributed by atoms with E-state index in [0.717, 1.165) is 0 Å². The summed E-state index contributed by atoms with van der Waals surface area (Å²) in [6.45, 7) is 0. The van der Waals surface area contributed by atoms with E-state index in [1.54, 1.807) is 0 Å². The van der Waals surface area contributed by atoms with Crippen molar-refractivity contribution in [3.05, 3.63) is 10.7 Å². The van der Waals surface area contributed by atoms with Gasteiger partial charge in [0.15, 0.2) is 0 Å². The van der Waals surface area contributed by atoms with Crippen molar-refractivity contribution in [3.63, 3.8) is 0 Å². The van der Waals surface area contributed by atoms with E-state index in [2.05, 4.69) is 0 Å². The van der Waals surface area contributed by atoms with Crippen molar-refractivity contribution in [1.82, 2.24) is 4.72 Å². The van der Waals surface area contributed by atoms with E-state index >= 15 is 0 Å². The van der Waals surface area contributed by atoms with Gasteiger partial charge in [-0.05, 0) is 0 Å². The monoisotopic (exact) mass is 222 g/mol. The Morgan fingerprint density at radius 2 is 1.92 bits per heavy atom. The smallest absolute Gasteiger partial charge is 1.00 e. The van der Waals surface area contributed by atoms with Crippen molar-refractivity contribution < 1.29 is 80.3 Å². The SMILES string of the molecule is N#CC1=C(O)C(=O)NS1(=O)=O.[H-].[H-].[Na+].[Na+]. The van der Waals surface area contributed by atoms with Crippen LogP contribution in [-0.2, 0) is 14.8 Å². The average molecular weight is 222 g/mol. The Bertz CT molecular complexity index is 401. The van der Waals surface area contributed by atoms with Crippen LogP contribution in [0.15, 0.2) is 10.7 Å². The third kappa shape index (κ3) is 2.95. The summed E-state index contributed by atoms with van der Waals surface area (Å²) in [6, 6.07) is 1.19. The Hall–Kier alpha value is 0.450. The average Bonchev–Trinajstić information content (AvgIpc) is 2.03. The zero-order valence-corrected chi connectivity index (χ0v) is 11.8. The summed E-state index contributed by atoms with van der Waals surface area (Å²) in [5.41, 5.74) is 0. The summed E-state index contributed by atoms with van der Waals surface area (Å²) in [5.74, 6) is -2.21. The van der Waals surface area contributed by atoms with Crippen LogP contribution in [0.25, 0.3) is 0 Å². The number of aliphatic hydroxyl groups excluding tert-OH is 1. The van der Waals surface area contributed by atoms with Gasteiger partial charge in [-0.3, -0.25) is 4.79 Å². The molecule has 0 radical (unpaired) electrons. The van der Waals surface area contributed by atoms with Crippen molar-refractivity contribution >= 4 is 15.9 Å². The van der Waals surface area contributed by atoms with Gasteiger partial charge < -0.3 is 7.96 Å².